The lowest BCUT2D eigenvalue weighted by atomic mass is 10.6. The number of hydrogen-bond donors (Lipinski definition) is 2. The Balaban J connectivity index is 2.76. The molecule has 3 N–H and O–H groups in total. The lowest BCUT2D eigenvalue weighted by Crippen LogP contribution is -2.26. The summed E-state index contributed by atoms with van der Waals surface area (Å²) in [6.45, 7) is 2.84. The smallest absolute Gasteiger partial charge is 0.218 e. The normalized spacial score (nSPS) is 20.4. The molecule has 0 atom stereocenters. The Morgan fingerprint density at radius 3 is 2.75 bits per heavy atom. The molecule has 6 heteroatoms. The fourth-order valence-electron chi connectivity index (χ4n) is 0.833. The highest BCUT2D eigenvalue weighted by atomic mass is 32.2. The minimum absolute atomic E-state index is 0.0582. The molecule has 0 spiro atoms. The first kappa shape index (κ1) is 9.21. The summed E-state index contributed by atoms with van der Waals surface area (Å²) in [4.78, 5) is 3.68. The Hall–Kier alpha value is -0.880. The summed E-state index contributed by atoms with van der Waals surface area (Å²) in [5, 5.41) is 3.94. The molecule has 1 aliphatic rings. The molecule has 0 amide bonds. The summed E-state index contributed by atoms with van der Waals surface area (Å²) >= 11 is 0. The van der Waals surface area contributed by atoms with Crippen LogP contribution in [0.3, 0.4) is 0 Å². The maximum Gasteiger partial charge on any atom is 0.218 e. The highest BCUT2D eigenvalue weighted by Gasteiger charge is 2.22. The van der Waals surface area contributed by atoms with Crippen LogP contribution in [0.4, 0.5) is 0 Å². The number of nitrogens with two attached hydrogens (primary N) is 1. The molecule has 0 aromatic rings. The molecule has 68 valence electrons. The first-order valence-corrected chi connectivity index (χ1v) is 5.11. The van der Waals surface area contributed by atoms with E-state index in [-0.39, 0.29) is 17.4 Å². The van der Waals surface area contributed by atoms with E-state index < -0.39 is 9.84 Å². The van der Waals surface area contributed by atoms with Gasteiger partial charge >= 0.3 is 0 Å². The Bertz CT molecular complexity index is 329. The fraction of sp³-hybridized carbons (Fsp3) is 0.500. The molecule has 1 aliphatic heterocycles. The Morgan fingerprint density at radius 1 is 1.67 bits per heavy atom. The van der Waals surface area contributed by atoms with Crippen molar-refractivity contribution in [3.05, 3.63) is 11.2 Å². The summed E-state index contributed by atoms with van der Waals surface area (Å²) in [5.41, 5.74) is 5.24. The molecule has 1 heterocycles. The predicted molar refractivity (Wildman–Crippen MR) is 47.2 cm³/mol. The van der Waals surface area contributed by atoms with Crippen molar-refractivity contribution >= 4 is 14.9 Å². The quantitative estimate of drug-likeness (QED) is 0.607. The van der Waals surface area contributed by atoms with Crippen LogP contribution in [-0.2, 0) is 9.84 Å². The summed E-state index contributed by atoms with van der Waals surface area (Å²) in [7, 11) is -3.31. The number of nitrogens with zero attached hydrogens (tertiary/aromatic N) is 1. The van der Waals surface area contributed by atoms with Gasteiger partial charge in [0.15, 0.2) is 5.04 Å². The van der Waals surface area contributed by atoms with Crippen LogP contribution in [0.1, 0.15) is 6.92 Å². The molecule has 0 saturated carbocycles. The first-order chi connectivity index (χ1) is 5.56. The molecule has 12 heavy (non-hydrogen) atoms. The van der Waals surface area contributed by atoms with Crippen LogP contribution < -0.4 is 11.1 Å². The monoisotopic (exact) mass is 189 g/mol. The van der Waals surface area contributed by atoms with E-state index >= 15 is 0 Å². The van der Waals surface area contributed by atoms with E-state index in [0.717, 1.165) is 5.41 Å². The third-order valence-corrected chi connectivity index (χ3v) is 2.83. The van der Waals surface area contributed by atoms with E-state index in [0.29, 0.717) is 6.54 Å². The maximum absolute atomic E-state index is 11.2. The van der Waals surface area contributed by atoms with Gasteiger partial charge in [-0.15, -0.1) is 0 Å². The molecule has 0 aliphatic carbocycles. The molecule has 1 rings (SSSR count). The summed E-state index contributed by atoms with van der Waals surface area (Å²) < 4.78 is 22.3. The second-order valence-corrected chi connectivity index (χ2v) is 4.17. The fourth-order valence-corrected chi connectivity index (χ4v) is 1.88. The molecule has 5 nitrogen and oxygen atoms in total. The average Bonchev–Trinajstić information content (AvgIpc) is 2.20. The number of aliphatic imine (C=N–C) groups is 1. The Morgan fingerprint density at radius 2 is 2.33 bits per heavy atom. The van der Waals surface area contributed by atoms with Gasteiger partial charge in [-0.05, 0) is 6.54 Å². The third-order valence-electron chi connectivity index (χ3n) is 1.38. The number of hydrogen-bond acceptors (Lipinski definition) is 5. The summed E-state index contributed by atoms with van der Waals surface area (Å²) in [5.74, 6) is 0.0582. The van der Waals surface area contributed by atoms with Crippen molar-refractivity contribution in [3.63, 3.8) is 0 Å². The van der Waals surface area contributed by atoms with Crippen LogP contribution >= 0.6 is 0 Å². The van der Waals surface area contributed by atoms with Gasteiger partial charge in [0, 0.05) is 6.54 Å². The highest BCUT2D eigenvalue weighted by Crippen LogP contribution is 2.09. The predicted octanol–water partition coefficient (Wildman–Crippen LogP) is -0.820. The first-order valence-electron chi connectivity index (χ1n) is 3.57. The molecular formula is C6H11N3O2S. The van der Waals surface area contributed by atoms with Gasteiger partial charge in [0.25, 0.3) is 0 Å². The zero-order chi connectivity index (χ0) is 9.19. The van der Waals surface area contributed by atoms with Crippen molar-refractivity contribution < 1.29 is 8.42 Å². The number of nitrogens with one attached hydrogen (secondary N) is 1. The summed E-state index contributed by atoms with van der Waals surface area (Å²) in [6.07, 6.45) is 0. The van der Waals surface area contributed by atoms with E-state index in [1.54, 1.807) is 0 Å². The van der Waals surface area contributed by atoms with Crippen molar-refractivity contribution in [3.8, 4) is 0 Å². The van der Waals surface area contributed by atoms with Gasteiger partial charge in [0.1, 0.15) is 5.82 Å². The molecular weight excluding hydrogens is 178 g/mol. The van der Waals surface area contributed by atoms with E-state index in [9.17, 15) is 8.42 Å². The lowest BCUT2D eigenvalue weighted by molar-refractivity contribution is 0.614. The zero-order valence-corrected chi connectivity index (χ0v) is 7.56. The standard InChI is InChI=1S/C6H11N3O2S/c1-2-8-3-6-9-5(7)4-12(6,10)11/h4,8H,2-3,7H2,1H3. The second kappa shape index (κ2) is 3.24. The van der Waals surface area contributed by atoms with Gasteiger partial charge in [0.05, 0.1) is 5.41 Å². The van der Waals surface area contributed by atoms with Crippen molar-refractivity contribution in [2.24, 2.45) is 10.7 Å². The van der Waals surface area contributed by atoms with Crippen molar-refractivity contribution in [1.29, 1.82) is 0 Å². The van der Waals surface area contributed by atoms with Crippen LogP contribution in [0, 0.1) is 0 Å². The maximum atomic E-state index is 11.2. The Kier molecular flexibility index (Phi) is 2.49. The van der Waals surface area contributed by atoms with Crippen LogP contribution in [-0.4, -0.2) is 26.6 Å². The van der Waals surface area contributed by atoms with Gasteiger partial charge in [-0.25, -0.2) is 13.4 Å². The van der Waals surface area contributed by atoms with Gasteiger partial charge in [0.2, 0.25) is 9.84 Å². The molecule has 0 fully saturated rings. The average molecular weight is 189 g/mol. The van der Waals surface area contributed by atoms with Gasteiger partial charge < -0.3 is 11.1 Å². The van der Waals surface area contributed by atoms with E-state index in [1.807, 2.05) is 6.92 Å². The minimum atomic E-state index is -3.31. The molecule has 0 saturated heterocycles. The van der Waals surface area contributed by atoms with Crippen molar-refractivity contribution in [2.75, 3.05) is 13.1 Å². The number of rotatable bonds is 3. The van der Waals surface area contributed by atoms with Crippen molar-refractivity contribution in [1.82, 2.24) is 5.32 Å². The van der Waals surface area contributed by atoms with Crippen LogP contribution in [0.5, 0.6) is 0 Å². The molecule has 0 aromatic heterocycles. The van der Waals surface area contributed by atoms with Crippen LogP contribution in [0.15, 0.2) is 16.2 Å². The Labute approximate surface area is 71.3 Å². The van der Waals surface area contributed by atoms with Gasteiger partial charge in [-0.1, -0.05) is 6.92 Å². The number of sulfone groups is 1. The molecule has 0 aromatic carbocycles. The lowest BCUT2D eigenvalue weighted by Gasteiger charge is -1.99. The largest absolute Gasteiger partial charge is 0.383 e. The van der Waals surface area contributed by atoms with Gasteiger partial charge in [-0.2, -0.15) is 0 Å². The minimum Gasteiger partial charge on any atom is -0.383 e. The highest BCUT2D eigenvalue weighted by molar-refractivity contribution is 8.09. The SMILES string of the molecule is CCNCC1=NC(N)=CS1(=O)=O. The third kappa shape index (κ3) is 1.83. The topological polar surface area (TPSA) is 84.5 Å². The molecule has 0 bridgehead atoms. The molecule has 0 unspecified atom stereocenters. The second-order valence-electron chi connectivity index (χ2n) is 2.37. The van der Waals surface area contributed by atoms with E-state index in [4.69, 9.17) is 5.73 Å². The van der Waals surface area contributed by atoms with E-state index in [2.05, 4.69) is 10.3 Å². The van der Waals surface area contributed by atoms with Gasteiger partial charge in [-0.3, -0.25) is 0 Å². The zero-order valence-electron chi connectivity index (χ0n) is 6.74. The van der Waals surface area contributed by atoms with Crippen LogP contribution in [0.2, 0.25) is 0 Å². The van der Waals surface area contributed by atoms with Crippen LogP contribution in [0.25, 0.3) is 0 Å². The summed E-state index contributed by atoms with van der Waals surface area (Å²) in [6, 6.07) is 0. The molecule has 0 radical (unpaired) electrons. The van der Waals surface area contributed by atoms with Crippen molar-refractivity contribution in [2.45, 2.75) is 6.92 Å². The van der Waals surface area contributed by atoms with E-state index in [1.165, 1.54) is 0 Å².